The van der Waals surface area contributed by atoms with Gasteiger partial charge in [0.2, 0.25) is 0 Å². The van der Waals surface area contributed by atoms with Crippen molar-refractivity contribution in [2.45, 2.75) is 53.4 Å². The summed E-state index contributed by atoms with van der Waals surface area (Å²) >= 11 is 1.79. The van der Waals surface area contributed by atoms with Gasteiger partial charge in [-0.05, 0) is 87.9 Å². The molecule has 0 amide bonds. The fourth-order valence-electron chi connectivity index (χ4n) is 5.44. The molecule has 3 heteroatoms. The first-order valence-corrected chi connectivity index (χ1v) is 14.0. The molecule has 37 heavy (non-hydrogen) atoms. The molecule has 3 aromatic carbocycles. The molecule has 6 rings (SSSR count). The van der Waals surface area contributed by atoms with Gasteiger partial charge in [-0.2, -0.15) is 0 Å². The van der Waals surface area contributed by atoms with E-state index in [2.05, 4.69) is 108 Å². The van der Waals surface area contributed by atoms with Gasteiger partial charge in [-0.3, -0.25) is 4.98 Å². The lowest BCUT2D eigenvalue weighted by atomic mass is 9.82. The average molecular weight is 504 g/mol. The highest BCUT2D eigenvalue weighted by Crippen LogP contribution is 2.44. The van der Waals surface area contributed by atoms with Crippen LogP contribution in [0.5, 0.6) is 0 Å². The van der Waals surface area contributed by atoms with Crippen molar-refractivity contribution in [1.82, 2.24) is 4.98 Å². The summed E-state index contributed by atoms with van der Waals surface area (Å²) in [6, 6.07) is 24.3. The van der Waals surface area contributed by atoms with E-state index in [1.807, 2.05) is 6.20 Å². The molecular weight excluding hydrogens is 470 g/mol. The summed E-state index contributed by atoms with van der Waals surface area (Å²) in [6.07, 6.45) is 3.01. The maximum absolute atomic E-state index is 6.44. The Balaban J connectivity index is 1.52. The third-order valence-corrected chi connectivity index (χ3v) is 8.58. The van der Waals surface area contributed by atoms with Crippen molar-refractivity contribution in [3.05, 3.63) is 89.6 Å². The van der Waals surface area contributed by atoms with E-state index in [-0.39, 0.29) is 5.41 Å². The molecule has 0 spiro atoms. The van der Waals surface area contributed by atoms with Crippen LogP contribution in [0.3, 0.4) is 0 Å². The number of aryl methyl sites for hydroxylation is 1. The molecule has 2 nitrogen and oxygen atoms in total. The van der Waals surface area contributed by atoms with E-state index in [1.165, 1.54) is 48.0 Å². The first-order chi connectivity index (χ1) is 17.7. The van der Waals surface area contributed by atoms with E-state index >= 15 is 0 Å². The third-order valence-electron chi connectivity index (χ3n) is 7.25. The number of hydrogen-bond donors (Lipinski definition) is 0. The molecule has 0 atom stereocenters. The molecule has 0 aliphatic heterocycles. The van der Waals surface area contributed by atoms with Crippen LogP contribution in [0.15, 0.2) is 77.3 Å². The molecule has 6 aromatic rings. The predicted octanol–water partition coefficient (Wildman–Crippen LogP) is 10.3. The fraction of sp³-hybridized carbons (Fsp3) is 0.265. The number of furan rings is 1. The molecule has 0 N–H and O–H groups in total. The second-order valence-corrected chi connectivity index (χ2v) is 12.7. The maximum atomic E-state index is 6.44. The number of fused-ring (bicyclic) bond motifs is 3. The van der Waals surface area contributed by atoms with Gasteiger partial charge in [0.1, 0.15) is 11.3 Å². The normalized spacial score (nSPS) is 12.4. The van der Waals surface area contributed by atoms with Crippen LogP contribution < -0.4 is 0 Å². The topological polar surface area (TPSA) is 26.0 Å². The number of rotatable bonds is 4. The number of hydrogen-bond acceptors (Lipinski definition) is 3. The van der Waals surface area contributed by atoms with Crippen LogP contribution in [-0.2, 0) is 11.8 Å². The monoisotopic (exact) mass is 503 g/mol. The zero-order valence-corrected chi connectivity index (χ0v) is 23.3. The minimum atomic E-state index is 0.0305. The number of aromatic nitrogens is 1. The van der Waals surface area contributed by atoms with Gasteiger partial charge in [0.05, 0.1) is 15.3 Å². The van der Waals surface area contributed by atoms with Crippen molar-refractivity contribution in [2.24, 2.45) is 5.92 Å². The molecule has 0 fully saturated rings. The predicted molar refractivity (Wildman–Crippen MR) is 160 cm³/mol. The third kappa shape index (κ3) is 4.26. The fourth-order valence-corrected chi connectivity index (χ4v) is 6.71. The van der Waals surface area contributed by atoms with Crippen LogP contribution in [0.25, 0.3) is 53.7 Å². The molecule has 3 heterocycles. The molecule has 0 radical (unpaired) electrons. The Morgan fingerprint density at radius 3 is 2.49 bits per heavy atom. The number of nitrogens with zero attached hydrogens (tertiary/aromatic N) is 1. The second-order valence-electron chi connectivity index (χ2n) is 11.7. The highest BCUT2D eigenvalue weighted by molar-refractivity contribution is 7.23. The summed E-state index contributed by atoms with van der Waals surface area (Å²) in [5.41, 5.74) is 7.14. The Bertz CT molecular complexity index is 1780. The van der Waals surface area contributed by atoms with Crippen molar-refractivity contribution < 1.29 is 4.42 Å². The SMILES string of the molecule is Cc1c(-c2cc3ccc(CC(C)C)cc3o2)sc2c(-c3cc(C(C)(C)C)c4ccccc4c3)nccc12. The van der Waals surface area contributed by atoms with Crippen LogP contribution >= 0.6 is 11.3 Å². The Hall–Kier alpha value is -3.43. The molecule has 186 valence electrons. The molecule has 0 aliphatic rings. The molecule has 0 unspecified atom stereocenters. The summed E-state index contributed by atoms with van der Waals surface area (Å²) in [5, 5.41) is 4.97. The number of pyridine rings is 1. The Morgan fingerprint density at radius 2 is 1.70 bits per heavy atom. The molecule has 0 saturated heterocycles. The molecule has 0 saturated carbocycles. The largest absolute Gasteiger partial charge is 0.455 e. The van der Waals surface area contributed by atoms with Crippen molar-refractivity contribution >= 4 is 43.2 Å². The van der Waals surface area contributed by atoms with E-state index < -0.39 is 0 Å². The Labute approximate surface area is 223 Å². The van der Waals surface area contributed by atoms with Crippen LogP contribution in [0.1, 0.15) is 51.3 Å². The van der Waals surface area contributed by atoms with Gasteiger partial charge in [0, 0.05) is 17.1 Å². The van der Waals surface area contributed by atoms with Gasteiger partial charge in [0.25, 0.3) is 0 Å². The number of benzene rings is 3. The van der Waals surface area contributed by atoms with Crippen molar-refractivity contribution in [1.29, 1.82) is 0 Å². The van der Waals surface area contributed by atoms with Crippen LogP contribution in [0.2, 0.25) is 0 Å². The quantitative estimate of drug-likeness (QED) is 0.239. The highest BCUT2D eigenvalue weighted by Gasteiger charge is 2.21. The van der Waals surface area contributed by atoms with E-state index in [0.717, 1.165) is 28.8 Å². The molecule has 0 bridgehead atoms. The summed E-state index contributed by atoms with van der Waals surface area (Å²) in [5.74, 6) is 1.56. The van der Waals surface area contributed by atoms with E-state index in [1.54, 1.807) is 11.3 Å². The maximum Gasteiger partial charge on any atom is 0.145 e. The zero-order chi connectivity index (χ0) is 25.9. The first-order valence-electron chi connectivity index (χ1n) is 13.1. The molecule has 0 aliphatic carbocycles. The van der Waals surface area contributed by atoms with Gasteiger partial charge in [-0.15, -0.1) is 11.3 Å². The lowest BCUT2D eigenvalue weighted by Gasteiger charge is -2.22. The lowest BCUT2D eigenvalue weighted by molar-refractivity contribution is 0.596. The molecule has 3 aromatic heterocycles. The summed E-state index contributed by atoms with van der Waals surface area (Å²) in [4.78, 5) is 6.10. The minimum Gasteiger partial charge on any atom is -0.455 e. The van der Waals surface area contributed by atoms with Crippen LogP contribution in [0, 0.1) is 12.8 Å². The van der Waals surface area contributed by atoms with Crippen molar-refractivity contribution in [2.75, 3.05) is 0 Å². The van der Waals surface area contributed by atoms with Gasteiger partial charge >= 0.3 is 0 Å². The van der Waals surface area contributed by atoms with Gasteiger partial charge in [0.15, 0.2) is 0 Å². The molecular formula is C34H33NOS. The number of thiophene rings is 1. The summed E-state index contributed by atoms with van der Waals surface area (Å²) in [7, 11) is 0. The average Bonchev–Trinajstić information content (AvgIpc) is 3.43. The second kappa shape index (κ2) is 8.85. The van der Waals surface area contributed by atoms with E-state index in [9.17, 15) is 0 Å². The Kier molecular flexibility index (Phi) is 5.72. The smallest absolute Gasteiger partial charge is 0.145 e. The van der Waals surface area contributed by atoms with Gasteiger partial charge in [-0.25, -0.2) is 0 Å². The van der Waals surface area contributed by atoms with Crippen molar-refractivity contribution in [3.63, 3.8) is 0 Å². The first kappa shape index (κ1) is 23.9. The van der Waals surface area contributed by atoms with E-state index in [4.69, 9.17) is 9.40 Å². The van der Waals surface area contributed by atoms with Gasteiger partial charge in [-0.1, -0.05) is 71.0 Å². The highest BCUT2D eigenvalue weighted by atomic mass is 32.1. The van der Waals surface area contributed by atoms with E-state index in [0.29, 0.717) is 5.92 Å². The lowest BCUT2D eigenvalue weighted by Crippen LogP contribution is -2.12. The summed E-state index contributed by atoms with van der Waals surface area (Å²) < 4.78 is 7.66. The zero-order valence-electron chi connectivity index (χ0n) is 22.5. The van der Waals surface area contributed by atoms with Crippen LogP contribution in [-0.4, -0.2) is 4.98 Å². The van der Waals surface area contributed by atoms with Crippen LogP contribution in [0.4, 0.5) is 0 Å². The minimum absolute atomic E-state index is 0.0305. The Morgan fingerprint density at radius 1 is 0.892 bits per heavy atom. The van der Waals surface area contributed by atoms with Gasteiger partial charge < -0.3 is 4.42 Å². The van der Waals surface area contributed by atoms with Crippen molar-refractivity contribution in [3.8, 4) is 21.9 Å². The standard InChI is InChI=1S/C34H33NOS/c1-20(2)15-22-11-12-24-19-30(36-29(24)16-22)32-21(3)26-13-14-35-31(33(26)37-32)25-17-23-9-7-8-10-27(23)28(18-25)34(4,5)6/h7-14,16-20H,15H2,1-6H3. The summed E-state index contributed by atoms with van der Waals surface area (Å²) in [6.45, 7) is 13.6.